The smallest absolute Gasteiger partial charge is 0.267 e. The third-order valence-electron chi connectivity index (χ3n) is 4.25. The zero-order valence-corrected chi connectivity index (χ0v) is 13.9. The van der Waals surface area contributed by atoms with Crippen LogP contribution in [0.15, 0.2) is 79.0 Å². The lowest BCUT2D eigenvalue weighted by Gasteiger charge is -2.02. The number of hydrogen-bond acceptors (Lipinski definition) is 1. The molecule has 0 radical (unpaired) electrons. The summed E-state index contributed by atoms with van der Waals surface area (Å²) in [5.41, 5.74) is 4.61. The van der Waals surface area contributed by atoms with Crippen LogP contribution >= 0.6 is 0 Å². The lowest BCUT2D eigenvalue weighted by atomic mass is 10.1. The van der Waals surface area contributed by atoms with Crippen LogP contribution in [0.25, 0.3) is 16.9 Å². The van der Waals surface area contributed by atoms with Crippen LogP contribution in [0.3, 0.4) is 0 Å². The molecular weight excluding hydrogens is 310 g/mol. The maximum absolute atomic E-state index is 12.7. The van der Waals surface area contributed by atoms with Gasteiger partial charge in [0.15, 0.2) is 5.69 Å². The van der Waals surface area contributed by atoms with Crippen molar-refractivity contribution in [3.05, 3.63) is 90.1 Å². The van der Waals surface area contributed by atoms with E-state index in [0.717, 1.165) is 28.3 Å². The van der Waals surface area contributed by atoms with E-state index in [2.05, 4.69) is 10.3 Å². The summed E-state index contributed by atoms with van der Waals surface area (Å²) in [5.74, 6) is 0.603. The molecular formula is C21H18N3O+. The maximum atomic E-state index is 12.7. The molecule has 122 valence electrons. The third kappa shape index (κ3) is 2.78. The summed E-state index contributed by atoms with van der Waals surface area (Å²) in [4.78, 5) is 16.1. The van der Waals surface area contributed by atoms with Crippen molar-refractivity contribution in [2.75, 3.05) is 5.32 Å². The number of amides is 1. The van der Waals surface area contributed by atoms with Crippen molar-refractivity contribution in [2.24, 2.45) is 0 Å². The first-order valence-electron chi connectivity index (χ1n) is 8.19. The lowest BCUT2D eigenvalue weighted by Crippen LogP contribution is -2.27. The highest BCUT2D eigenvalue weighted by Crippen LogP contribution is 2.26. The summed E-state index contributed by atoms with van der Waals surface area (Å²) >= 11 is 0. The molecule has 2 N–H and O–H groups in total. The summed E-state index contributed by atoms with van der Waals surface area (Å²) in [6.07, 6.45) is 1.95. The molecule has 2 aromatic carbocycles. The van der Waals surface area contributed by atoms with Gasteiger partial charge in [-0.1, -0.05) is 48.5 Å². The number of fused-ring (bicyclic) bond motifs is 1. The number of nitrogens with zero attached hydrogens (tertiary/aromatic N) is 1. The molecule has 4 rings (SSSR count). The number of aromatic nitrogens is 2. The van der Waals surface area contributed by atoms with Crippen molar-refractivity contribution < 1.29 is 9.20 Å². The summed E-state index contributed by atoms with van der Waals surface area (Å²) in [5, 5.41) is 3.07. The first kappa shape index (κ1) is 15.1. The Kier molecular flexibility index (Phi) is 3.78. The highest BCUT2D eigenvalue weighted by Gasteiger charge is 2.23. The molecule has 0 aliphatic rings. The van der Waals surface area contributed by atoms with Gasteiger partial charge in [-0.2, -0.15) is 0 Å². The van der Waals surface area contributed by atoms with Gasteiger partial charge >= 0.3 is 5.91 Å². The first-order chi connectivity index (χ1) is 12.2. The van der Waals surface area contributed by atoms with Crippen LogP contribution in [-0.2, 0) is 0 Å². The van der Waals surface area contributed by atoms with Gasteiger partial charge in [0.1, 0.15) is 0 Å². The van der Waals surface area contributed by atoms with Crippen molar-refractivity contribution in [1.82, 2.24) is 4.98 Å². The number of carbonyl (C=O) groups is 1. The monoisotopic (exact) mass is 328 g/mol. The van der Waals surface area contributed by atoms with E-state index in [0.29, 0.717) is 5.56 Å². The van der Waals surface area contributed by atoms with E-state index in [1.54, 1.807) is 0 Å². The minimum absolute atomic E-state index is 0.132. The number of H-pyrrole nitrogens is 1. The fraction of sp³-hybridized carbons (Fsp3) is 0.0476. The lowest BCUT2D eigenvalue weighted by molar-refractivity contribution is -0.494. The highest BCUT2D eigenvalue weighted by atomic mass is 16.1. The van der Waals surface area contributed by atoms with Crippen molar-refractivity contribution in [3.8, 4) is 11.3 Å². The molecule has 0 spiro atoms. The predicted molar refractivity (Wildman–Crippen MR) is 98.5 cm³/mol. The van der Waals surface area contributed by atoms with E-state index in [1.165, 1.54) is 0 Å². The average Bonchev–Trinajstić information content (AvgIpc) is 3.03. The molecule has 1 amide bonds. The van der Waals surface area contributed by atoms with Gasteiger partial charge < -0.3 is 0 Å². The van der Waals surface area contributed by atoms with Gasteiger partial charge in [0.2, 0.25) is 5.65 Å². The summed E-state index contributed by atoms with van der Waals surface area (Å²) < 4.78 is 1.98. The van der Waals surface area contributed by atoms with Crippen LogP contribution in [0.4, 0.5) is 5.82 Å². The zero-order valence-electron chi connectivity index (χ0n) is 13.9. The number of carbonyl (C=O) groups excluding carboxylic acids is 1. The SMILES string of the molecule is Cc1ccc[n+]2c(NC(=O)c3ccccc3)c(-c3ccccc3)[nH]c12. The minimum atomic E-state index is -0.132. The number of hydrogen-bond donors (Lipinski definition) is 2. The standard InChI is InChI=1S/C21H17N3O/c1-15-9-8-14-24-19(15)22-18(16-10-4-2-5-11-16)20(24)23-21(25)17-12-6-3-7-13-17/h2-14H,1H3,(H,23,25)/p+1. The molecule has 4 nitrogen and oxygen atoms in total. The number of imidazole rings is 1. The first-order valence-corrected chi connectivity index (χ1v) is 8.19. The van der Waals surface area contributed by atoms with Crippen LogP contribution in [0, 0.1) is 6.92 Å². The topological polar surface area (TPSA) is 49.0 Å². The van der Waals surface area contributed by atoms with Crippen LogP contribution < -0.4 is 9.72 Å². The van der Waals surface area contributed by atoms with E-state index in [-0.39, 0.29) is 5.91 Å². The summed E-state index contributed by atoms with van der Waals surface area (Å²) in [7, 11) is 0. The van der Waals surface area contributed by atoms with Crippen molar-refractivity contribution >= 4 is 17.4 Å². The number of aryl methyl sites for hydroxylation is 1. The van der Waals surface area contributed by atoms with Gasteiger partial charge in [0.05, 0.1) is 11.8 Å². The summed E-state index contributed by atoms with van der Waals surface area (Å²) in [6.45, 7) is 2.05. The molecule has 0 atom stereocenters. The number of nitrogens with one attached hydrogen (secondary N) is 2. The summed E-state index contributed by atoms with van der Waals surface area (Å²) in [6, 6.07) is 23.3. The van der Waals surface area contributed by atoms with Gasteiger partial charge in [0.25, 0.3) is 5.82 Å². The van der Waals surface area contributed by atoms with Crippen molar-refractivity contribution in [3.63, 3.8) is 0 Å². The molecule has 4 aromatic rings. The number of aromatic amines is 1. The molecule has 0 bridgehead atoms. The Morgan fingerprint density at radius 2 is 1.60 bits per heavy atom. The van der Waals surface area contributed by atoms with Crippen molar-refractivity contribution in [2.45, 2.75) is 6.92 Å². The second-order valence-electron chi connectivity index (χ2n) is 5.94. The van der Waals surface area contributed by atoms with Gasteiger partial charge in [-0.05, 0) is 31.2 Å². The van der Waals surface area contributed by atoms with Gasteiger partial charge in [-0.3, -0.25) is 9.78 Å². The third-order valence-corrected chi connectivity index (χ3v) is 4.25. The molecule has 4 heteroatoms. The number of pyridine rings is 1. The molecule has 0 aliphatic carbocycles. The van der Waals surface area contributed by atoms with Crippen LogP contribution in [0.5, 0.6) is 0 Å². The molecule has 0 saturated carbocycles. The Bertz CT molecular complexity index is 1040. The molecule has 0 fully saturated rings. The van der Waals surface area contributed by atoms with Crippen LogP contribution in [-0.4, -0.2) is 10.9 Å². The quantitative estimate of drug-likeness (QED) is 0.549. The molecule has 0 unspecified atom stereocenters. The second-order valence-corrected chi connectivity index (χ2v) is 5.94. The molecule has 2 aromatic heterocycles. The highest BCUT2D eigenvalue weighted by molar-refractivity contribution is 6.04. The fourth-order valence-electron chi connectivity index (χ4n) is 2.97. The average molecular weight is 328 g/mol. The Labute approximate surface area is 145 Å². The number of benzene rings is 2. The van der Waals surface area contributed by atoms with Crippen LogP contribution in [0.1, 0.15) is 15.9 Å². The van der Waals surface area contributed by atoms with Gasteiger partial charge in [-0.25, -0.2) is 9.72 Å². The van der Waals surface area contributed by atoms with E-state index < -0.39 is 0 Å². The van der Waals surface area contributed by atoms with E-state index in [9.17, 15) is 4.79 Å². The van der Waals surface area contributed by atoms with E-state index in [1.807, 2.05) is 90.3 Å². The van der Waals surface area contributed by atoms with E-state index >= 15 is 0 Å². The van der Waals surface area contributed by atoms with Gasteiger partial charge in [-0.15, -0.1) is 0 Å². The normalized spacial score (nSPS) is 10.8. The Balaban J connectivity index is 1.86. The molecule has 25 heavy (non-hydrogen) atoms. The minimum Gasteiger partial charge on any atom is -0.267 e. The largest absolute Gasteiger partial charge is 0.311 e. The van der Waals surface area contributed by atoms with Crippen molar-refractivity contribution in [1.29, 1.82) is 0 Å². The van der Waals surface area contributed by atoms with Gasteiger partial charge in [0, 0.05) is 11.1 Å². The fourth-order valence-corrected chi connectivity index (χ4v) is 2.97. The number of rotatable bonds is 3. The van der Waals surface area contributed by atoms with Crippen LogP contribution in [0.2, 0.25) is 0 Å². The zero-order chi connectivity index (χ0) is 17.2. The Morgan fingerprint density at radius 1 is 0.920 bits per heavy atom. The van der Waals surface area contributed by atoms with E-state index in [4.69, 9.17) is 0 Å². The molecule has 2 heterocycles. The second kappa shape index (κ2) is 6.24. The molecule has 0 saturated heterocycles. The Morgan fingerprint density at radius 3 is 2.32 bits per heavy atom. The number of anilines is 1. The maximum Gasteiger partial charge on any atom is 0.311 e. The Hall–Kier alpha value is -3.40. The molecule has 0 aliphatic heterocycles. The predicted octanol–water partition coefficient (Wildman–Crippen LogP) is 3.98.